The van der Waals surface area contributed by atoms with Crippen molar-refractivity contribution in [2.45, 2.75) is 24.9 Å². The van der Waals surface area contributed by atoms with Gasteiger partial charge in [0.15, 0.2) is 0 Å². The van der Waals surface area contributed by atoms with E-state index in [0.29, 0.717) is 0 Å². The zero-order chi connectivity index (χ0) is 15.9. The fraction of sp³-hybridized carbons (Fsp3) is 0.412. The predicted octanol–water partition coefficient (Wildman–Crippen LogP) is 3.72. The molecule has 0 N–H and O–H groups in total. The third-order valence-electron chi connectivity index (χ3n) is 4.90. The van der Waals surface area contributed by atoms with Crippen molar-refractivity contribution < 1.29 is 9.66 Å². The lowest BCUT2D eigenvalue weighted by atomic mass is 9.85. The Hall–Kier alpha value is -1.92. The average molecular weight is 330 g/mol. The Morgan fingerprint density at radius 2 is 2.00 bits per heavy atom. The van der Waals surface area contributed by atoms with Crippen LogP contribution in [0.1, 0.15) is 23.3 Å². The number of benzene rings is 1. The SMILES string of the molecule is O=[N+]([O-])c1ccccc1N1CCC2(CC1)OCCc1ccsc12. The van der Waals surface area contributed by atoms with Crippen LogP contribution in [0.5, 0.6) is 0 Å². The van der Waals surface area contributed by atoms with Crippen molar-refractivity contribution in [2.75, 3.05) is 24.6 Å². The van der Waals surface area contributed by atoms with E-state index < -0.39 is 0 Å². The number of anilines is 1. The summed E-state index contributed by atoms with van der Waals surface area (Å²) in [5.74, 6) is 0. The number of para-hydroxylation sites is 2. The maximum absolute atomic E-state index is 11.2. The molecular weight excluding hydrogens is 312 g/mol. The summed E-state index contributed by atoms with van der Waals surface area (Å²) >= 11 is 1.78. The number of nitro benzene ring substituents is 1. The molecule has 2 aliphatic rings. The van der Waals surface area contributed by atoms with E-state index in [1.807, 2.05) is 12.1 Å². The van der Waals surface area contributed by atoms with Gasteiger partial charge in [0, 0.05) is 24.0 Å². The summed E-state index contributed by atoms with van der Waals surface area (Å²) in [5.41, 5.74) is 2.14. The number of hydrogen-bond donors (Lipinski definition) is 0. The van der Waals surface area contributed by atoms with Crippen LogP contribution in [0.2, 0.25) is 0 Å². The monoisotopic (exact) mass is 330 g/mol. The third-order valence-corrected chi connectivity index (χ3v) is 6.04. The first-order valence-electron chi connectivity index (χ1n) is 7.89. The first kappa shape index (κ1) is 14.7. The summed E-state index contributed by atoms with van der Waals surface area (Å²) in [5, 5.41) is 13.4. The predicted molar refractivity (Wildman–Crippen MR) is 90.2 cm³/mol. The highest BCUT2D eigenvalue weighted by molar-refractivity contribution is 7.10. The fourth-order valence-electron chi connectivity index (χ4n) is 3.72. The molecule has 6 heteroatoms. The Balaban J connectivity index is 1.58. The van der Waals surface area contributed by atoms with Gasteiger partial charge in [-0.3, -0.25) is 10.1 Å². The highest BCUT2D eigenvalue weighted by Crippen LogP contribution is 2.45. The average Bonchev–Trinajstić information content (AvgIpc) is 3.06. The van der Waals surface area contributed by atoms with Crippen LogP contribution in [0.3, 0.4) is 0 Å². The molecular formula is C17H18N2O3S. The first-order chi connectivity index (χ1) is 11.2. The fourth-order valence-corrected chi connectivity index (χ4v) is 4.89. The van der Waals surface area contributed by atoms with Crippen LogP contribution in [0.25, 0.3) is 0 Å². The molecule has 0 saturated carbocycles. The molecule has 3 heterocycles. The number of rotatable bonds is 2. The number of piperidine rings is 1. The second-order valence-electron chi connectivity index (χ2n) is 6.10. The molecule has 0 aliphatic carbocycles. The molecule has 120 valence electrons. The Morgan fingerprint density at radius 1 is 1.22 bits per heavy atom. The van der Waals surface area contributed by atoms with Gasteiger partial charge in [-0.2, -0.15) is 0 Å². The van der Waals surface area contributed by atoms with E-state index in [-0.39, 0.29) is 16.2 Å². The van der Waals surface area contributed by atoms with Gasteiger partial charge in [0.1, 0.15) is 11.3 Å². The van der Waals surface area contributed by atoms with E-state index in [9.17, 15) is 10.1 Å². The van der Waals surface area contributed by atoms with Gasteiger partial charge in [-0.05, 0) is 42.3 Å². The van der Waals surface area contributed by atoms with E-state index in [0.717, 1.165) is 44.6 Å². The maximum atomic E-state index is 11.2. The van der Waals surface area contributed by atoms with Gasteiger partial charge in [-0.25, -0.2) is 0 Å². The lowest BCUT2D eigenvalue weighted by molar-refractivity contribution is -0.384. The minimum Gasteiger partial charge on any atom is -0.369 e. The highest BCUT2D eigenvalue weighted by Gasteiger charge is 2.42. The molecule has 1 aromatic carbocycles. The molecule has 4 rings (SSSR count). The molecule has 1 aromatic heterocycles. The van der Waals surface area contributed by atoms with Gasteiger partial charge < -0.3 is 9.64 Å². The molecule has 0 radical (unpaired) electrons. The van der Waals surface area contributed by atoms with Gasteiger partial charge in [0.25, 0.3) is 5.69 Å². The summed E-state index contributed by atoms with van der Waals surface area (Å²) in [6.45, 7) is 2.33. The standard InChI is InChI=1S/C17H18N2O3S/c20-19(21)15-4-2-1-3-14(15)18-9-7-17(8-10-18)16-13(5-11-22-17)6-12-23-16/h1-4,6,12H,5,7-11H2. The van der Waals surface area contributed by atoms with Gasteiger partial charge in [0.05, 0.1) is 11.5 Å². The number of fused-ring (bicyclic) bond motifs is 2. The number of thiophene rings is 1. The molecule has 2 aliphatic heterocycles. The second kappa shape index (κ2) is 5.62. The Bertz CT molecular complexity index is 735. The van der Waals surface area contributed by atoms with E-state index in [2.05, 4.69) is 16.3 Å². The molecule has 0 bridgehead atoms. The van der Waals surface area contributed by atoms with Gasteiger partial charge in [-0.1, -0.05) is 12.1 Å². The van der Waals surface area contributed by atoms with Crippen molar-refractivity contribution in [3.63, 3.8) is 0 Å². The van der Waals surface area contributed by atoms with Crippen molar-refractivity contribution in [3.8, 4) is 0 Å². The van der Waals surface area contributed by atoms with Gasteiger partial charge in [-0.15, -0.1) is 11.3 Å². The largest absolute Gasteiger partial charge is 0.369 e. The highest BCUT2D eigenvalue weighted by atomic mass is 32.1. The summed E-state index contributed by atoms with van der Waals surface area (Å²) in [6, 6.07) is 9.21. The van der Waals surface area contributed by atoms with Crippen LogP contribution in [0.4, 0.5) is 11.4 Å². The summed E-state index contributed by atoms with van der Waals surface area (Å²) < 4.78 is 6.20. The summed E-state index contributed by atoms with van der Waals surface area (Å²) in [6.07, 6.45) is 2.76. The molecule has 0 unspecified atom stereocenters. The summed E-state index contributed by atoms with van der Waals surface area (Å²) in [7, 11) is 0. The number of ether oxygens (including phenoxy) is 1. The van der Waals surface area contributed by atoms with Crippen LogP contribution in [-0.2, 0) is 16.8 Å². The zero-order valence-electron chi connectivity index (χ0n) is 12.7. The molecule has 2 aromatic rings. The zero-order valence-corrected chi connectivity index (χ0v) is 13.6. The molecule has 0 amide bonds. The Morgan fingerprint density at radius 3 is 2.78 bits per heavy atom. The van der Waals surface area contributed by atoms with Crippen LogP contribution in [-0.4, -0.2) is 24.6 Å². The number of nitrogens with zero attached hydrogens (tertiary/aromatic N) is 2. The topological polar surface area (TPSA) is 55.6 Å². The van der Waals surface area contributed by atoms with E-state index in [1.165, 1.54) is 10.4 Å². The minimum atomic E-state index is -0.297. The summed E-state index contributed by atoms with van der Waals surface area (Å²) in [4.78, 5) is 14.4. The molecule has 1 saturated heterocycles. The molecule has 1 spiro atoms. The molecule has 0 atom stereocenters. The first-order valence-corrected chi connectivity index (χ1v) is 8.77. The van der Waals surface area contributed by atoms with Crippen LogP contribution in [0, 0.1) is 10.1 Å². The molecule has 5 nitrogen and oxygen atoms in total. The van der Waals surface area contributed by atoms with Crippen LogP contribution >= 0.6 is 11.3 Å². The number of hydrogen-bond acceptors (Lipinski definition) is 5. The van der Waals surface area contributed by atoms with E-state index in [1.54, 1.807) is 23.5 Å². The van der Waals surface area contributed by atoms with Gasteiger partial charge in [0.2, 0.25) is 0 Å². The van der Waals surface area contributed by atoms with Crippen molar-refractivity contribution in [1.29, 1.82) is 0 Å². The normalized spacial score (nSPS) is 19.6. The smallest absolute Gasteiger partial charge is 0.292 e. The minimum absolute atomic E-state index is 0.179. The Labute approximate surface area is 138 Å². The second-order valence-corrected chi connectivity index (χ2v) is 7.02. The maximum Gasteiger partial charge on any atom is 0.292 e. The molecule has 23 heavy (non-hydrogen) atoms. The van der Waals surface area contributed by atoms with Crippen LogP contribution < -0.4 is 4.90 Å². The third kappa shape index (κ3) is 2.42. The van der Waals surface area contributed by atoms with Gasteiger partial charge >= 0.3 is 0 Å². The van der Waals surface area contributed by atoms with Crippen molar-refractivity contribution >= 4 is 22.7 Å². The van der Waals surface area contributed by atoms with Crippen molar-refractivity contribution in [3.05, 3.63) is 56.3 Å². The van der Waals surface area contributed by atoms with Crippen molar-refractivity contribution in [1.82, 2.24) is 0 Å². The lowest BCUT2D eigenvalue weighted by Gasteiger charge is -2.44. The van der Waals surface area contributed by atoms with E-state index in [4.69, 9.17) is 4.74 Å². The van der Waals surface area contributed by atoms with E-state index >= 15 is 0 Å². The lowest BCUT2D eigenvalue weighted by Crippen LogP contribution is -2.46. The van der Waals surface area contributed by atoms with Crippen molar-refractivity contribution in [2.24, 2.45) is 0 Å². The number of nitro groups is 1. The quantitative estimate of drug-likeness (QED) is 0.622. The Kier molecular flexibility index (Phi) is 3.58. The molecule has 1 fully saturated rings. The van der Waals surface area contributed by atoms with Crippen LogP contribution in [0.15, 0.2) is 35.7 Å².